The Morgan fingerprint density at radius 1 is 1.41 bits per heavy atom. The molecular formula is C12H18ClN3O. The van der Waals surface area contributed by atoms with Gasteiger partial charge in [-0.05, 0) is 33.1 Å². The first-order valence-electron chi connectivity index (χ1n) is 6.02. The lowest BCUT2D eigenvalue weighted by molar-refractivity contribution is 0.0499. The van der Waals surface area contributed by atoms with Crippen LogP contribution in [0, 0.1) is 0 Å². The molecule has 0 spiro atoms. The lowest BCUT2D eigenvalue weighted by atomic mass is 9.97. The minimum absolute atomic E-state index is 0.00491. The molecule has 0 radical (unpaired) electrons. The Morgan fingerprint density at radius 3 is 2.47 bits per heavy atom. The summed E-state index contributed by atoms with van der Waals surface area (Å²) in [4.78, 5) is 14.4. The Morgan fingerprint density at radius 2 is 2.00 bits per heavy atom. The van der Waals surface area contributed by atoms with E-state index in [1.54, 1.807) is 11.7 Å². The third-order valence-corrected chi connectivity index (χ3v) is 3.80. The smallest absolute Gasteiger partial charge is 0.274 e. The van der Waals surface area contributed by atoms with Gasteiger partial charge in [-0.15, -0.1) is 0 Å². The van der Waals surface area contributed by atoms with Gasteiger partial charge in [-0.3, -0.25) is 9.48 Å². The summed E-state index contributed by atoms with van der Waals surface area (Å²) >= 11 is 6.02. The predicted molar refractivity (Wildman–Crippen MR) is 67.2 cm³/mol. The van der Waals surface area contributed by atoms with E-state index in [0.29, 0.717) is 10.7 Å². The van der Waals surface area contributed by atoms with Crippen molar-refractivity contribution in [1.82, 2.24) is 14.7 Å². The summed E-state index contributed by atoms with van der Waals surface area (Å²) in [5, 5.41) is 4.45. The molecule has 2 rings (SSSR count). The third kappa shape index (κ3) is 2.18. The van der Waals surface area contributed by atoms with Crippen LogP contribution in [0.1, 0.15) is 43.6 Å². The highest BCUT2D eigenvalue weighted by Crippen LogP contribution is 2.26. The number of rotatable bonds is 1. The Balaban J connectivity index is 2.30. The topological polar surface area (TPSA) is 38.1 Å². The van der Waals surface area contributed by atoms with E-state index in [1.807, 2.05) is 4.90 Å². The van der Waals surface area contributed by atoms with Crippen molar-refractivity contribution in [2.45, 2.75) is 45.2 Å². The fraction of sp³-hybridized carbons (Fsp3) is 0.667. The lowest BCUT2D eigenvalue weighted by Crippen LogP contribution is -2.48. The molecule has 0 N–H and O–H groups in total. The van der Waals surface area contributed by atoms with E-state index in [2.05, 4.69) is 18.9 Å². The average Bonchev–Trinajstić information content (AvgIpc) is 2.58. The average molecular weight is 256 g/mol. The third-order valence-electron chi connectivity index (χ3n) is 3.52. The van der Waals surface area contributed by atoms with Crippen LogP contribution in [0.2, 0.25) is 5.02 Å². The zero-order valence-corrected chi connectivity index (χ0v) is 11.2. The van der Waals surface area contributed by atoms with Crippen LogP contribution in [0.15, 0.2) is 6.20 Å². The van der Waals surface area contributed by atoms with Crippen LogP contribution in [-0.4, -0.2) is 32.7 Å². The Kier molecular flexibility index (Phi) is 3.43. The Hall–Kier alpha value is -1.03. The summed E-state index contributed by atoms with van der Waals surface area (Å²) in [5.41, 5.74) is 0.493. The number of piperidine rings is 1. The van der Waals surface area contributed by atoms with E-state index >= 15 is 0 Å². The van der Waals surface area contributed by atoms with Crippen molar-refractivity contribution in [2.75, 3.05) is 0 Å². The van der Waals surface area contributed by atoms with Gasteiger partial charge in [-0.2, -0.15) is 5.10 Å². The first kappa shape index (κ1) is 12.4. The molecule has 1 aliphatic heterocycles. The molecule has 1 fully saturated rings. The minimum Gasteiger partial charge on any atom is -0.332 e. The highest BCUT2D eigenvalue weighted by atomic mass is 35.5. The molecule has 0 saturated carbocycles. The molecule has 94 valence electrons. The maximum Gasteiger partial charge on any atom is 0.274 e. The summed E-state index contributed by atoms with van der Waals surface area (Å²) in [6.45, 7) is 4.19. The summed E-state index contributed by atoms with van der Waals surface area (Å²) < 4.78 is 1.55. The molecule has 1 saturated heterocycles. The van der Waals surface area contributed by atoms with E-state index in [9.17, 15) is 4.79 Å². The Bertz CT molecular complexity index is 400. The summed E-state index contributed by atoms with van der Waals surface area (Å²) in [5.74, 6) is -0.00491. The van der Waals surface area contributed by atoms with E-state index < -0.39 is 0 Å². The van der Waals surface area contributed by atoms with Gasteiger partial charge < -0.3 is 4.90 Å². The van der Waals surface area contributed by atoms with Gasteiger partial charge in [0.2, 0.25) is 0 Å². The molecule has 0 aliphatic carbocycles. The van der Waals surface area contributed by atoms with Gasteiger partial charge in [0.25, 0.3) is 5.91 Å². The normalized spacial score (nSPS) is 25.1. The number of hydrogen-bond donors (Lipinski definition) is 0. The first-order chi connectivity index (χ1) is 8.02. The second-order valence-electron chi connectivity index (χ2n) is 4.81. The number of carbonyl (C=O) groups excluding carboxylic acids is 1. The molecule has 2 atom stereocenters. The zero-order valence-electron chi connectivity index (χ0n) is 10.5. The van der Waals surface area contributed by atoms with Crippen LogP contribution >= 0.6 is 11.6 Å². The summed E-state index contributed by atoms with van der Waals surface area (Å²) in [7, 11) is 1.75. The monoisotopic (exact) mass is 255 g/mol. The summed E-state index contributed by atoms with van der Waals surface area (Å²) in [6, 6.07) is 0.550. The largest absolute Gasteiger partial charge is 0.332 e. The Labute approximate surface area is 107 Å². The van der Waals surface area contributed by atoms with E-state index in [1.165, 1.54) is 12.6 Å². The van der Waals surface area contributed by atoms with Crippen LogP contribution < -0.4 is 0 Å². The van der Waals surface area contributed by atoms with Crippen molar-refractivity contribution >= 4 is 17.5 Å². The van der Waals surface area contributed by atoms with Crippen LogP contribution in [0.3, 0.4) is 0 Å². The molecule has 2 heterocycles. The number of amides is 1. The van der Waals surface area contributed by atoms with Crippen molar-refractivity contribution in [1.29, 1.82) is 0 Å². The van der Waals surface area contributed by atoms with Crippen molar-refractivity contribution in [3.63, 3.8) is 0 Å². The zero-order chi connectivity index (χ0) is 12.6. The quantitative estimate of drug-likeness (QED) is 0.773. The molecule has 17 heavy (non-hydrogen) atoms. The van der Waals surface area contributed by atoms with Crippen LogP contribution in [0.25, 0.3) is 0 Å². The van der Waals surface area contributed by atoms with Crippen molar-refractivity contribution in [3.05, 3.63) is 16.9 Å². The molecule has 0 aromatic carbocycles. The highest BCUT2D eigenvalue weighted by molar-refractivity contribution is 6.33. The molecule has 1 amide bonds. The van der Waals surface area contributed by atoms with E-state index in [-0.39, 0.29) is 18.0 Å². The lowest BCUT2D eigenvalue weighted by Gasteiger charge is -2.39. The van der Waals surface area contributed by atoms with Crippen LogP contribution in [-0.2, 0) is 7.05 Å². The number of likely N-dealkylation sites (tertiary alicyclic amines) is 1. The summed E-state index contributed by atoms with van der Waals surface area (Å²) in [6.07, 6.45) is 4.83. The minimum atomic E-state index is -0.00491. The number of hydrogen-bond acceptors (Lipinski definition) is 2. The van der Waals surface area contributed by atoms with Gasteiger partial charge in [0.05, 0.1) is 11.2 Å². The molecule has 5 heteroatoms. The molecule has 1 aromatic rings. The molecular weight excluding hydrogens is 238 g/mol. The van der Waals surface area contributed by atoms with Crippen LogP contribution in [0.5, 0.6) is 0 Å². The standard InChI is InChI=1S/C12H18ClN3O/c1-8-5-4-6-9(2)16(8)12(17)11-10(13)7-14-15(11)3/h7-9H,4-6H2,1-3H3. The second-order valence-corrected chi connectivity index (χ2v) is 5.21. The van der Waals surface area contributed by atoms with E-state index in [4.69, 9.17) is 11.6 Å². The van der Waals surface area contributed by atoms with Crippen molar-refractivity contribution in [2.24, 2.45) is 7.05 Å². The predicted octanol–water partition coefficient (Wildman–Crippen LogP) is 2.48. The number of nitrogens with zero attached hydrogens (tertiary/aromatic N) is 3. The van der Waals surface area contributed by atoms with Gasteiger partial charge in [0.15, 0.2) is 0 Å². The maximum atomic E-state index is 12.5. The number of aryl methyl sites for hydroxylation is 1. The van der Waals surface area contributed by atoms with Crippen molar-refractivity contribution < 1.29 is 4.79 Å². The van der Waals surface area contributed by atoms with Crippen LogP contribution in [0.4, 0.5) is 0 Å². The van der Waals surface area contributed by atoms with Gasteiger partial charge in [-0.1, -0.05) is 11.6 Å². The second kappa shape index (κ2) is 4.69. The van der Waals surface area contributed by atoms with Gasteiger partial charge in [0.1, 0.15) is 5.69 Å². The first-order valence-corrected chi connectivity index (χ1v) is 6.40. The molecule has 1 aromatic heterocycles. The number of halogens is 1. The molecule has 0 bridgehead atoms. The van der Waals surface area contributed by atoms with E-state index in [0.717, 1.165) is 12.8 Å². The SMILES string of the molecule is CC1CCCC(C)N1C(=O)c1c(Cl)cnn1C. The fourth-order valence-corrected chi connectivity index (χ4v) is 2.84. The van der Waals surface area contributed by atoms with Gasteiger partial charge in [0, 0.05) is 19.1 Å². The van der Waals surface area contributed by atoms with Crippen molar-refractivity contribution in [3.8, 4) is 0 Å². The van der Waals surface area contributed by atoms with Gasteiger partial charge in [-0.25, -0.2) is 0 Å². The maximum absolute atomic E-state index is 12.5. The molecule has 1 aliphatic rings. The fourth-order valence-electron chi connectivity index (χ4n) is 2.60. The van der Waals surface area contributed by atoms with Gasteiger partial charge >= 0.3 is 0 Å². The molecule has 4 nitrogen and oxygen atoms in total. The highest BCUT2D eigenvalue weighted by Gasteiger charge is 2.32. The number of aromatic nitrogens is 2. The number of carbonyl (C=O) groups is 1. The molecule has 2 unspecified atom stereocenters.